The van der Waals surface area contributed by atoms with Gasteiger partial charge < -0.3 is 9.73 Å². The van der Waals surface area contributed by atoms with Gasteiger partial charge in [-0.15, -0.1) is 0 Å². The van der Waals surface area contributed by atoms with Crippen LogP contribution in [0.2, 0.25) is 0 Å². The third-order valence-electron chi connectivity index (χ3n) is 2.96. The molecule has 0 unspecified atom stereocenters. The van der Waals surface area contributed by atoms with E-state index in [0.29, 0.717) is 17.9 Å². The average molecular weight is 334 g/mol. The van der Waals surface area contributed by atoms with Gasteiger partial charge in [0.1, 0.15) is 5.76 Å². The minimum atomic E-state index is -0.533. The molecule has 120 valence electrons. The predicted octanol–water partition coefficient (Wildman–Crippen LogP) is 1.81. The number of nitro benzene ring substituents is 1. The van der Waals surface area contributed by atoms with E-state index in [-0.39, 0.29) is 16.4 Å². The van der Waals surface area contributed by atoms with Crippen LogP contribution in [0.4, 0.5) is 5.69 Å². The highest BCUT2D eigenvalue weighted by atomic mass is 32.1. The lowest BCUT2D eigenvalue weighted by Crippen LogP contribution is -2.46. The molecule has 1 heterocycles. The minimum absolute atomic E-state index is 0.115. The van der Waals surface area contributed by atoms with Gasteiger partial charge in [-0.05, 0) is 37.3 Å². The fraction of sp³-hybridized carbons (Fsp3) is 0.143. The molecule has 1 aromatic heterocycles. The minimum Gasteiger partial charge on any atom is -0.467 e. The Bertz CT molecular complexity index is 730. The van der Waals surface area contributed by atoms with Crippen LogP contribution in [-0.2, 0) is 6.54 Å². The van der Waals surface area contributed by atoms with E-state index in [9.17, 15) is 14.9 Å². The highest BCUT2D eigenvalue weighted by molar-refractivity contribution is 7.80. The Morgan fingerprint density at radius 3 is 2.78 bits per heavy atom. The molecule has 0 fully saturated rings. The zero-order chi connectivity index (χ0) is 16.8. The molecule has 0 radical (unpaired) electrons. The maximum Gasteiger partial charge on any atom is 0.273 e. The maximum absolute atomic E-state index is 12.0. The second-order valence-electron chi connectivity index (χ2n) is 4.60. The number of nitrogens with one attached hydrogen (secondary N) is 3. The highest BCUT2D eigenvalue weighted by Crippen LogP contribution is 2.18. The van der Waals surface area contributed by atoms with Crippen LogP contribution in [0.25, 0.3) is 0 Å². The first-order valence-electron chi connectivity index (χ1n) is 6.59. The van der Waals surface area contributed by atoms with Crippen molar-refractivity contribution in [2.75, 3.05) is 0 Å². The quantitative estimate of drug-likeness (QED) is 0.444. The topological polar surface area (TPSA) is 109 Å². The summed E-state index contributed by atoms with van der Waals surface area (Å²) in [6.07, 6.45) is 1.54. The molecule has 0 saturated carbocycles. The molecule has 2 rings (SSSR count). The zero-order valence-corrected chi connectivity index (χ0v) is 13.0. The summed E-state index contributed by atoms with van der Waals surface area (Å²) in [4.78, 5) is 22.3. The van der Waals surface area contributed by atoms with Crippen molar-refractivity contribution in [2.45, 2.75) is 13.5 Å². The van der Waals surface area contributed by atoms with Crippen molar-refractivity contribution in [3.05, 3.63) is 63.6 Å². The summed E-state index contributed by atoms with van der Waals surface area (Å²) in [5, 5.41) is 13.9. The number of rotatable bonds is 4. The normalized spacial score (nSPS) is 9.96. The summed E-state index contributed by atoms with van der Waals surface area (Å²) < 4.78 is 5.12. The van der Waals surface area contributed by atoms with Gasteiger partial charge in [-0.25, -0.2) is 0 Å². The average Bonchev–Trinajstić information content (AvgIpc) is 3.04. The Hall–Kier alpha value is -2.94. The van der Waals surface area contributed by atoms with Crippen LogP contribution < -0.4 is 16.2 Å². The number of hydrazine groups is 1. The van der Waals surface area contributed by atoms with Gasteiger partial charge in [0.25, 0.3) is 11.6 Å². The van der Waals surface area contributed by atoms with Crippen LogP contribution in [0.5, 0.6) is 0 Å². The van der Waals surface area contributed by atoms with Gasteiger partial charge in [-0.2, -0.15) is 0 Å². The molecule has 0 spiro atoms. The number of carbonyl (C=O) groups is 1. The van der Waals surface area contributed by atoms with Crippen LogP contribution >= 0.6 is 12.2 Å². The van der Waals surface area contributed by atoms with Gasteiger partial charge in [0.15, 0.2) is 5.11 Å². The second kappa shape index (κ2) is 7.36. The Morgan fingerprint density at radius 2 is 2.13 bits per heavy atom. The van der Waals surface area contributed by atoms with Crippen LogP contribution in [-0.4, -0.2) is 15.9 Å². The lowest BCUT2D eigenvalue weighted by molar-refractivity contribution is -0.385. The number of hydrogen-bond acceptors (Lipinski definition) is 5. The first-order chi connectivity index (χ1) is 11.0. The van der Waals surface area contributed by atoms with Crippen LogP contribution in [0.3, 0.4) is 0 Å². The maximum atomic E-state index is 12.0. The number of furan rings is 1. The van der Waals surface area contributed by atoms with Gasteiger partial charge in [0.05, 0.1) is 17.7 Å². The molecule has 3 N–H and O–H groups in total. The monoisotopic (exact) mass is 334 g/mol. The number of nitrogens with zero attached hydrogens (tertiary/aromatic N) is 1. The lowest BCUT2D eigenvalue weighted by atomic mass is 10.1. The smallest absolute Gasteiger partial charge is 0.273 e. The summed E-state index contributed by atoms with van der Waals surface area (Å²) in [6, 6.07) is 7.75. The molecule has 23 heavy (non-hydrogen) atoms. The van der Waals surface area contributed by atoms with Gasteiger partial charge in [-0.1, -0.05) is 6.07 Å². The van der Waals surface area contributed by atoms with Gasteiger partial charge >= 0.3 is 0 Å². The number of carbonyl (C=O) groups excluding carboxylic acids is 1. The first-order valence-corrected chi connectivity index (χ1v) is 7.00. The molecule has 1 amide bonds. The predicted molar refractivity (Wildman–Crippen MR) is 86.6 cm³/mol. The van der Waals surface area contributed by atoms with Crippen molar-refractivity contribution in [3.63, 3.8) is 0 Å². The molecule has 0 bridgehead atoms. The van der Waals surface area contributed by atoms with Crippen molar-refractivity contribution in [2.24, 2.45) is 0 Å². The van der Waals surface area contributed by atoms with E-state index in [1.165, 1.54) is 18.2 Å². The molecular formula is C14H14N4O4S. The van der Waals surface area contributed by atoms with Gasteiger partial charge in [0.2, 0.25) is 0 Å². The SMILES string of the molecule is Cc1ccc(C(=O)NNC(=S)NCc2ccco2)cc1[N+](=O)[O-]. The summed E-state index contributed by atoms with van der Waals surface area (Å²) >= 11 is 5.00. The fourth-order valence-electron chi connectivity index (χ4n) is 1.76. The third kappa shape index (κ3) is 4.51. The summed E-state index contributed by atoms with van der Waals surface area (Å²) in [6.45, 7) is 1.97. The second-order valence-corrected chi connectivity index (χ2v) is 5.01. The van der Waals surface area contributed by atoms with Crippen molar-refractivity contribution in [1.29, 1.82) is 0 Å². The lowest BCUT2D eigenvalue weighted by Gasteiger charge is -2.11. The molecular weight excluding hydrogens is 320 g/mol. The molecule has 0 aliphatic carbocycles. The largest absolute Gasteiger partial charge is 0.467 e. The summed E-state index contributed by atoms with van der Waals surface area (Å²) in [5.74, 6) is 0.157. The molecule has 0 saturated heterocycles. The molecule has 2 aromatic rings. The number of thiocarbonyl (C=S) groups is 1. The molecule has 0 aliphatic rings. The number of hydrogen-bond donors (Lipinski definition) is 3. The molecule has 8 nitrogen and oxygen atoms in total. The van der Waals surface area contributed by atoms with E-state index < -0.39 is 10.8 Å². The number of nitro groups is 1. The van der Waals surface area contributed by atoms with E-state index in [4.69, 9.17) is 16.6 Å². The standard InChI is InChI=1S/C14H14N4O4S/c1-9-4-5-10(7-12(9)18(20)21)13(19)16-17-14(23)15-8-11-3-2-6-22-11/h2-7H,8H2,1H3,(H,16,19)(H2,15,17,23). The van der Waals surface area contributed by atoms with Crippen molar-refractivity contribution in [1.82, 2.24) is 16.2 Å². The van der Waals surface area contributed by atoms with E-state index in [0.717, 1.165) is 0 Å². The zero-order valence-electron chi connectivity index (χ0n) is 12.2. The van der Waals surface area contributed by atoms with Crippen LogP contribution in [0.15, 0.2) is 41.0 Å². The molecule has 1 aromatic carbocycles. The molecule has 0 atom stereocenters. The van der Waals surface area contributed by atoms with E-state index in [1.807, 2.05) is 0 Å². The number of amides is 1. The van der Waals surface area contributed by atoms with Crippen LogP contribution in [0, 0.1) is 17.0 Å². The highest BCUT2D eigenvalue weighted by Gasteiger charge is 2.15. The van der Waals surface area contributed by atoms with E-state index in [2.05, 4.69) is 16.2 Å². The number of benzene rings is 1. The Labute approximate surface area is 137 Å². The Balaban J connectivity index is 1.88. The Kier molecular flexibility index (Phi) is 5.26. The molecule has 0 aliphatic heterocycles. The van der Waals surface area contributed by atoms with Gasteiger partial charge in [0, 0.05) is 17.2 Å². The van der Waals surface area contributed by atoms with Crippen molar-refractivity contribution < 1.29 is 14.1 Å². The van der Waals surface area contributed by atoms with Crippen LogP contribution in [0.1, 0.15) is 21.7 Å². The summed E-state index contributed by atoms with van der Waals surface area (Å²) in [7, 11) is 0. The third-order valence-corrected chi connectivity index (χ3v) is 3.21. The van der Waals surface area contributed by atoms with Gasteiger partial charge in [-0.3, -0.25) is 25.8 Å². The fourth-order valence-corrected chi connectivity index (χ4v) is 1.88. The summed E-state index contributed by atoms with van der Waals surface area (Å²) in [5.41, 5.74) is 5.41. The van der Waals surface area contributed by atoms with Crippen molar-refractivity contribution in [3.8, 4) is 0 Å². The number of aryl methyl sites for hydroxylation is 1. The first kappa shape index (κ1) is 16.4. The van der Waals surface area contributed by atoms with E-state index >= 15 is 0 Å². The van der Waals surface area contributed by atoms with Crippen molar-refractivity contribution >= 4 is 28.9 Å². The van der Waals surface area contributed by atoms with E-state index in [1.54, 1.807) is 25.3 Å². The Morgan fingerprint density at radius 1 is 1.35 bits per heavy atom. The molecule has 9 heteroatoms.